The Kier molecular flexibility index (Phi) is 7.62. The minimum atomic E-state index is -0.523. The Balaban J connectivity index is 1.62. The lowest BCUT2D eigenvalue weighted by molar-refractivity contribution is -0.118. The number of anilines is 1. The SMILES string of the molecule is CCOC(=O)c1ccc(NC(=O)COc2c(-c3ccccc3Cl)oc3cc(C)c(Cl)cc3c2=O)cc1. The van der Waals surface area contributed by atoms with Gasteiger partial charge in [0.15, 0.2) is 12.4 Å². The number of nitrogens with one attached hydrogen (secondary N) is 1. The summed E-state index contributed by atoms with van der Waals surface area (Å²) in [5.41, 5.74) is 1.80. The van der Waals surface area contributed by atoms with Gasteiger partial charge >= 0.3 is 5.97 Å². The van der Waals surface area contributed by atoms with Crippen molar-refractivity contribution in [1.29, 1.82) is 0 Å². The third-order valence-corrected chi connectivity index (χ3v) is 6.01. The fraction of sp³-hybridized carbons (Fsp3) is 0.148. The number of amides is 1. The zero-order chi connectivity index (χ0) is 25.8. The van der Waals surface area contributed by atoms with Crippen LogP contribution in [0.3, 0.4) is 0 Å². The Bertz CT molecular complexity index is 1510. The molecule has 36 heavy (non-hydrogen) atoms. The van der Waals surface area contributed by atoms with E-state index < -0.39 is 23.9 Å². The quantitative estimate of drug-likeness (QED) is 0.285. The van der Waals surface area contributed by atoms with E-state index in [2.05, 4.69) is 5.32 Å². The monoisotopic (exact) mass is 525 g/mol. The van der Waals surface area contributed by atoms with E-state index >= 15 is 0 Å². The number of benzene rings is 3. The minimum absolute atomic E-state index is 0.103. The summed E-state index contributed by atoms with van der Waals surface area (Å²) in [6.07, 6.45) is 0. The number of carbonyl (C=O) groups is 2. The Morgan fingerprint density at radius 3 is 2.42 bits per heavy atom. The van der Waals surface area contributed by atoms with Crippen LogP contribution in [0.5, 0.6) is 5.75 Å². The number of hydrogen-bond acceptors (Lipinski definition) is 6. The molecule has 9 heteroatoms. The van der Waals surface area contributed by atoms with Gasteiger partial charge in [0.25, 0.3) is 5.91 Å². The average Bonchev–Trinajstić information content (AvgIpc) is 2.85. The van der Waals surface area contributed by atoms with Crippen LogP contribution < -0.4 is 15.5 Å². The largest absolute Gasteiger partial charge is 0.476 e. The lowest BCUT2D eigenvalue weighted by Gasteiger charge is -2.13. The highest BCUT2D eigenvalue weighted by molar-refractivity contribution is 6.33. The van der Waals surface area contributed by atoms with Crippen LogP contribution in [0.4, 0.5) is 5.69 Å². The molecule has 3 aromatic carbocycles. The molecule has 1 aromatic heterocycles. The van der Waals surface area contributed by atoms with Crippen molar-refractivity contribution in [3.05, 3.63) is 92.1 Å². The molecule has 0 spiro atoms. The Labute approximate surface area is 216 Å². The molecule has 1 heterocycles. The maximum Gasteiger partial charge on any atom is 0.338 e. The molecule has 7 nitrogen and oxygen atoms in total. The van der Waals surface area contributed by atoms with Gasteiger partial charge in [-0.3, -0.25) is 9.59 Å². The van der Waals surface area contributed by atoms with Gasteiger partial charge in [-0.25, -0.2) is 4.79 Å². The smallest absolute Gasteiger partial charge is 0.338 e. The van der Waals surface area contributed by atoms with Gasteiger partial charge in [-0.05, 0) is 67.9 Å². The first-order chi connectivity index (χ1) is 17.3. The average molecular weight is 526 g/mol. The first-order valence-corrected chi connectivity index (χ1v) is 11.8. The molecule has 0 aliphatic rings. The fourth-order valence-corrected chi connectivity index (χ4v) is 3.88. The predicted molar refractivity (Wildman–Crippen MR) is 139 cm³/mol. The first kappa shape index (κ1) is 25.3. The molecule has 4 rings (SSSR count). The molecular weight excluding hydrogens is 505 g/mol. The molecule has 0 bridgehead atoms. The molecular formula is C27H21Cl2NO6. The van der Waals surface area contributed by atoms with Crippen LogP contribution in [-0.2, 0) is 9.53 Å². The Hall–Kier alpha value is -3.81. The van der Waals surface area contributed by atoms with E-state index in [9.17, 15) is 14.4 Å². The van der Waals surface area contributed by atoms with Gasteiger partial charge < -0.3 is 19.2 Å². The van der Waals surface area contributed by atoms with Crippen LogP contribution in [-0.4, -0.2) is 25.1 Å². The summed E-state index contributed by atoms with van der Waals surface area (Å²) in [5, 5.41) is 3.62. The first-order valence-electron chi connectivity index (χ1n) is 11.0. The van der Waals surface area contributed by atoms with E-state index in [0.29, 0.717) is 32.4 Å². The molecule has 0 aliphatic carbocycles. The summed E-state index contributed by atoms with van der Waals surface area (Å²) in [6.45, 7) is 3.30. The van der Waals surface area contributed by atoms with Gasteiger partial charge in [0, 0.05) is 16.3 Å². The van der Waals surface area contributed by atoms with Gasteiger partial charge in [-0.1, -0.05) is 35.3 Å². The van der Waals surface area contributed by atoms with Crippen LogP contribution in [0.15, 0.2) is 69.9 Å². The molecule has 0 saturated carbocycles. The number of carbonyl (C=O) groups excluding carboxylic acids is 2. The van der Waals surface area contributed by atoms with E-state index in [0.717, 1.165) is 5.56 Å². The van der Waals surface area contributed by atoms with Crippen molar-refractivity contribution in [2.24, 2.45) is 0 Å². The third kappa shape index (κ3) is 5.37. The third-order valence-electron chi connectivity index (χ3n) is 5.28. The second kappa shape index (κ2) is 10.8. The van der Waals surface area contributed by atoms with Crippen molar-refractivity contribution in [3.8, 4) is 17.1 Å². The standard InChI is InChI=1S/C27H21Cl2NO6/c1-3-34-27(33)16-8-10-17(11-9-16)30-23(31)14-35-26-24(32)19-13-21(29)15(2)12-22(19)36-25(26)18-6-4-5-7-20(18)28/h4-13H,3,14H2,1-2H3,(H,30,31). The van der Waals surface area contributed by atoms with Crippen molar-refractivity contribution in [2.45, 2.75) is 13.8 Å². The summed E-state index contributed by atoms with van der Waals surface area (Å²) in [7, 11) is 0. The normalized spacial score (nSPS) is 10.8. The van der Waals surface area contributed by atoms with E-state index in [-0.39, 0.29) is 23.5 Å². The molecule has 0 unspecified atom stereocenters. The number of ether oxygens (including phenoxy) is 2. The van der Waals surface area contributed by atoms with E-state index in [1.54, 1.807) is 56.3 Å². The zero-order valence-corrected chi connectivity index (χ0v) is 20.9. The number of halogens is 2. The lowest BCUT2D eigenvalue weighted by Crippen LogP contribution is -2.22. The van der Waals surface area contributed by atoms with Crippen LogP contribution in [0.1, 0.15) is 22.8 Å². The summed E-state index contributed by atoms with van der Waals surface area (Å²) < 4.78 is 16.7. The van der Waals surface area contributed by atoms with Crippen molar-refractivity contribution < 1.29 is 23.5 Å². The van der Waals surface area contributed by atoms with Crippen LogP contribution in [0.2, 0.25) is 10.0 Å². The van der Waals surface area contributed by atoms with E-state index in [4.69, 9.17) is 37.1 Å². The van der Waals surface area contributed by atoms with Crippen LogP contribution in [0, 0.1) is 6.92 Å². The maximum atomic E-state index is 13.4. The van der Waals surface area contributed by atoms with Gasteiger partial charge in [0.1, 0.15) is 5.58 Å². The summed E-state index contributed by atoms with van der Waals surface area (Å²) >= 11 is 12.6. The zero-order valence-electron chi connectivity index (χ0n) is 19.4. The highest BCUT2D eigenvalue weighted by Gasteiger charge is 2.21. The number of hydrogen-bond donors (Lipinski definition) is 1. The van der Waals surface area contributed by atoms with Gasteiger partial charge in [0.2, 0.25) is 11.2 Å². The van der Waals surface area contributed by atoms with Crippen molar-refractivity contribution in [3.63, 3.8) is 0 Å². The number of fused-ring (bicyclic) bond motifs is 1. The fourth-order valence-electron chi connectivity index (χ4n) is 3.49. The maximum absolute atomic E-state index is 13.4. The predicted octanol–water partition coefficient (Wildman–Crippen LogP) is 6.27. The van der Waals surface area contributed by atoms with E-state index in [1.807, 2.05) is 0 Å². The second-order valence-corrected chi connectivity index (χ2v) is 8.62. The van der Waals surface area contributed by atoms with Crippen molar-refractivity contribution in [2.75, 3.05) is 18.5 Å². The molecule has 0 fully saturated rings. The molecule has 184 valence electrons. The van der Waals surface area contributed by atoms with Crippen LogP contribution >= 0.6 is 23.2 Å². The number of aryl methyl sites for hydroxylation is 1. The highest BCUT2D eigenvalue weighted by atomic mass is 35.5. The summed E-state index contributed by atoms with van der Waals surface area (Å²) in [5.74, 6) is -1.04. The second-order valence-electron chi connectivity index (χ2n) is 7.80. The van der Waals surface area contributed by atoms with Gasteiger partial charge in [-0.2, -0.15) is 0 Å². The summed E-state index contributed by atoms with van der Waals surface area (Å²) in [4.78, 5) is 37.7. The van der Waals surface area contributed by atoms with Crippen molar-refractivity contribution >= 4 is 51.7 Å². The molecule has 1 N–H and O–H groups in total. The molecule has 0 atom stereocenters. The molecule has 4 aromatic rings. The molecule has 1 amide bonds. The minimum Gasteiger partial charge on any atom is -0.476 e. The van der Waals surface area contributed by atoms with E-state index in [1.165, 1.54) is 18.2 Å². The Morgan fingerprint density at radius 1 is 1.00 bits per heavy atom. The summed E-state index contributed by atoms with van der Waals surface area (Å²) in [6, 6.07) is 16.2. The Morgan fingerprint density at radius 2 is 1.72 bits per heavy atom. The highest BCUT2D eigenvalue weighted by Crippen LogP contribution is 2.36. The number of rotatable bonds is 7. The topological polar surface area (TPSA) is 94.8 Å². The molecule has 0 aliphatic heterocycles. The van der Waals surface area contributed by atoms with Crippen LogP contribution in [0.25, 0.3) is 22.3 Å². The van der Waals surface area contributed by atoms with Crippen molar-refractivity contribution in [1.82, 2.24) is 0 Å². The molecule has 0 saturated heterocycles. The van der Waals surface area contributed by atoms with Gasteiger partial charge in [-0.15, -0.1) is 0 Å². The van der Waals surface area contributed by atoms with Gasteiger partial charge in [0.05, 0.1) is 22.6 Å². The molecule has 0 radical (unpaired) electrons. The number of esters is 1. The lowest BCUT2D eigenvalue weighted by atomic mass is 10.1.